The predicted octanol–water partition coefficient (Wildman–Crippen LogP) is 1.58. The molecule has 0 amide bonds. The summed E-state index contributed by atoms with van der Waals surface area (Å²) in [5.41, 5.74) is 0.877. The van der Waals surface area contributed by atoms with Crippen LogP contribution in [0.4, 0.5) is 0 Å². The molecule has 21 heavy (non-hydrogen) atoms. The van der Waals surface area contributed by atoms with Crippen LogP contribution in [0.3, 0.4) is 0 Å². The highest BCUT2D eigenvalue weighted by molar-refractivity contribution is 7.88. The third-order valence-corrected chi connectivity index (χ3v) is 4.87. The molecule has 118 valence electrons. The van der Waals surface area contributed by atoms with Crippen LogP contribution in [-0.4, -0.2) is 48.1 Å². The van der Waals surface area contributed by atoms with Gasteiger partial charge in [-0.25, -0.2) is 22.7 Å². The third kappa shape index (κ3) is 4.38. The molecule has 0 aromatic carbocycles. The van der Waals surface area contributed by atoms with E-state index in [-0.39, 0.29) is 11.5 Å². The van der Waals surface area contributed by atoms with Gasteiger partial charge in [-0.05, 0) is 12.8 Å². The van der Waals surface area contributed by atoms with E-state index in [1.807, 2.05) is 6.07 Å². The maximum atomic E-state index is 11.5. The summed E-state index contributed by atoms with van der Waals surface area (Å²) in [5, 5.41) is 0. The summed E-state index contributed by atoms with van der Waals surface area (Å²) in [7, 11) is -3.10. The summed E-state index contributed by atoms with van der Waals surface area (Å²) >= 11 is 0. The Labute approximate surface area is 126 Å². The van der Waals surface area contributed by atoms with Crippen LogP contribution in [0.15, 0.2) is 12.4 Å². The Morgan fingerprint density at radius 1 is 1.24 bits per heavy atom. The lowest BCUT2D eigenvalue weighted by Crippen LogP contribution is -2.41. The van der Waals surface area contributed by atoms with Gasteiger partial charge in [0.15, 0.2) is 0 Å². The van der Waals surface area contributed by atoms with Crippen molar-refractivity contribution in [2.75, 3.05) is 19.3 Å². The Morgan fingerprint density at radius 3 is 2.38 bits per heavy atom. The van der Waals surface area contributed by atoms with Crippen LogP contribution in [0.2, 0.25) is 0 Å². The first-order chi connectivity index (χ1) is 9.66. The number of hydrogen-bond acceptors (Lipinski definition) is 5. The van der Waals surface area contributed by atoms with Crippen LogP contribution in [0.1, 0.15) is 39.3 Å². The van der Waals surface area contributed by atoms with Crippen molar-refractivity contribution >= 4 is 10.0 Å². The Bertz CT molecular complexity index is 588. The summed E-state index contributed by atoms with van der Waals surface area (Å²) in [6.45, 7) is 7.26. The third-order valence-electron chi connectivity index (χ3n) is 3.57. The van der Waals surface area contributed by atoms with Crippen molar-refractivity contribution in [2.24, 2.45) is 0 Å². The summed E-state index contributed by atoms with van der Waals surface area (Å²) in [5.74, 6) is 0.563. The Balaban J connectivity index is 1.98. The van der Waals surface area contributed by atoms with Gasteiger partial charge in [0.05, 0.1) is 11.9 Å². The average molecular weight is 313 g/mol. The summed E-state index contributed by atoms with van der Waals surface area (Å²) < 4.78 is 30.3. The minimum atomic E-state index is -3.10. The second-order valence-corrected chi connectivity index (χ2v) is 8.45. The van der Waals surface area contributed by atoms with Gasteiger partial charge in [0.2, 0.25) is 15.9 Å². The van der Waals surface area contributed by atoms with Gasteiger partial charge in [-0.1, -0.05) is 20.8 Å². The molecule has 2 heterocycles. The van der Waals surface area contributed by atoms with E-state index in [0.29, 0.717) is 31.8 Å². The van der Waals surface area contributed by atoms with E-state index in [0.717, 1.165) is 5.69 Å². The molecule has 2 rings (SSSR count). The number of rotatable bonds is 3. The molecule has 0 N–H and O–H groups in total. The van der Waals surface area contributed by atoms with Crippen LogP contribution in [0, 0.1) is 0 Å². The molecular weight excluding hydrogens is 290 g/mol. The van der Waals surface area contributed by atoms with Crippen molar-refractivity contribution in [1.82, 2.24) is 14.3 Å². The Kier molecular flexibility index (Phi) is 4.53. The first kappa shape index (κ1) is 16.2. The molecule has 0 spiro atoms. The van der Waals surface area contributed by atoms with E-state index >= 15 is 0 Å². The van der Waals surface area contributed by atoms with Gasteiger partial charge in [0.25, 0.3) is 0 Å². The lowest BCUT2D eigenvalue weighted by atomic mass is 9.92. The lowest BCUT2D eigenvalue weighted by molar-refractivity contribution is 0.129. The quantitative estimate of drug-likeness (QED) is 0.847. The second kappa shape index (κ2) is 5.88. The average Bonchev–Trinajstić information content (AvgIpc) is 2.37. The zero-order chi connectivity index (χ0) is 15.7. The molecule has 0 bridgehead atoms. The molecule has 0 saturated carbocycles. The molecule has 0 radical (unpaired) electrons. The highest BCUT2D eigenvalue weighted by atomic mass is 32.2. The van der Waals surface area contributed by atoms with Crippen molar-refractivity contribution in [2.45, 2.75) is 45.1 Å². The van der Waals surface area contributed by atoms with Gasteiger partial charge >= 0.3 is 0 Å². The van der Waals surface area contributed by atoms with Crippen molar-refractivity contribution in [3.05, 3.63) is 18.1 Å². The van der Waals surface area contributed by atoms with Gasteiger partial charge < -0.3 is 4.74 Å². The van der Waals surface area contributed by atoms with E-state index in [9.17, 15) is 8.42 Å². The molecule has 1 saturated heterocycles. The fraction of sp³-hybridized carbons (Fsp3) is 0.714. The molecule has 1 aliphatic heterocycles. The molecule has 1 aromatic rings. The van der Waals surface area contributed by atoms with Gasteiger partial charge in [-0.15, -0.1) is 0 Å². The maximum absolute atomic E-state index is 11.5. The monoisotopic (exact) mass is 313 g/mol. The standard InChI is InChI=1S/C14H23N3O3S/c1-14(2,3)12-9-13(16-10-15-12)20-11-5-7-17(8-6-11)21(4,18)19/h9-11H,5-8H2,1-4H3. The number of hydrogen-bond donors (Lipinski definition) is 0. The number of sulfonamides is 1. The molecule has 0 aliphatic carbocycles. The fourth-order valence-corrected chi connectivity index (χ4v) is 3.14. The smallest absolute Gasteiger partial charge is 0.216 e. The van der Waals surface area contributed by atoms with E-state index < -0.39 is 10.0 Å². The van der Waals surface area contributed by atoms with Crippen LogP contribution in [0.5, 0.6) is 5.88 Å². The van der Waals surface area contributed by atoms with E-state index in [1.165, 1.54) is 16.9 Å². The zero-order valence-electron chi connectivity index (χ0n) is 13.0. The number of piperidine rings is 1. The van der Waals surface area contributed by atoms with Crippen molar-refractivity contribution < 1.29 is 13.2 Å². The summed E-state index contributed by atoms with van der Waals surface area (Å²) in [6.07, 6.45) is 4.13. The van der Waals surface area contributed by atoms with Gasteiger partial charge in [-0.3, -0.25) is 0 Å². The fourth-order valence-electron chi connectivity index (χ4n) is 2.27. The van der Waals surface area contributed by atoms with Crippen LogP contribution < -0.4 is 4.74 Å². The molecule has 6 nitrogen and oxygen atoms in total. The molecule has 7 heteroatoms. The van der Waals surface area contributed by atoms with Crippen molar-refractivity contribution in [3.8, 4) is 5.88 Å². The second-order valence-electron chi connectivity index (χ2n) is 6.47. The van der Waals surface area contributed by atoms with E-state index in [4.69, 9.17) is 4.74 Å². The van der Waals surface area contributed by atoms with E-state index in [1.54, 1.807) is 0 Å². The number of nitrogens with zero attached hydrogens (tertiary/aromatic N) is 3. The maximum Gasteiger partial charge on any atom is 0.216 e. The van der Waals surface area contributed by atoms with Gasteiger partial charge in [0, 0.05) is 24.6 Å². The molecule has 1 fully saturated rings. The molecule has 1 aliphatic rings. The first-order valence-corrected chi connectivity index (χ1v) is 8.95. The van der Waals surface area contributed by atoms with Crippen LogP contribution >= 0.6 is 0 Å². The van der Waals surface area contributed by atoms with Crippen LogP contribution in [0.25, 0.3) is 0 Å². The minimum Gasteiger partial charge on any atom is -0.474 e. The summed E-state index contributed by atoms with van der Waals surface area (Å²) in [4.78, 5) is 8.42. The lowest BCUT2D eigenvalue weighted by Gasteiger charge is -2.30. The van der Waals surface area contributed by atoms with E-state index in [2.05, 4.69) is 30.7 Å². The normalized spacial score (nSPS) is 18.7. The molecular formula is C14H23N3O3S. The number of aromatic nitrogens is 2. The van der Waals surface area contributed by atoms with Gasteiger partial charge in [-0.2, -0.15) is 0 Å². The molecule has 0 unspecified atom stereocenters. The highest BCUT2D eigenvalue weighted by Gasteiger charge is 2.26. The number of ether oxygens (including phenoxy) is 1. The van der Waals surface area contributed by atoms with Gasteiger partial charge in [0.1, 0.15) is 12.4 Å². The SMILES string of the molecule is CC(C)(C)c1cc(OC2CCN(S(C)(=O)=O)CC2)ncn1. The Morgan fingerprint density at radius 2 is 1.86 bits per heavy atom. The minimum absolute atomic E-state index is 0.00529. The zero-order valence-corrected chi connectivity index (χ0v) is 13.9. The largest absolute Gasteiger partial charge is 0.474 e. The molecule has 1 aromatic heterocycles. The highest BCUT2D eigenvalue weighted by Crippen LogP contribution is 2.24. The van der Waals surface area contributed by atoms with Crippen molar-refractivity contribution in [1.29, 1.82) is 0 Å². The summed E-state index contributed by atoms with van der Waals surface area (Å²) in [6, 6.07) is 1.86. The predicted molar refractivity (Wildman–Crippen MR) is 80.8 cm³/mol. The Hall–Kier alpha value is -1.21. The first-order valence-electron chi connectivity index (χ1n) is 7.10. The molecule has 0 atom stereocenters. The van der Waals surface area contributed by atoms with Crippen molar-refractivity contribution in [3.63, 3.8) is 0 Å². The topological polar surface area (TPSA) is 72.4 Å². The van der Waals surface area contributed by atoms with Crippen LogP contribution in [-0.2, 0) is 15.4 Å².